The van der Waals surface area contributed by atoms with Crippen molar-refractivity contribution in [2.75, 3.05) is 20.7 Å². The number of halogens is 2. The molecule has 3 amide bonds. The molecule has 1 aromatic rings. The van der Waals surface area contributed by atoms with Crippen LogP contribution in [0.15, 0.2) is 18.2 Å². The highest BCUT2D eigenvalue weighted by molar-refractivity contribution is 6.50. The largest absolute Gasteiger partial charge is 0.552 e. The third-order valence-electron chi connectivity index (χ3n) is 5.28. The molecule has 11 nitrogen and oxygen atoms in total. The maximum atomic E-state index is 12.7. The van der Waals surface area contributed by atoms with Gasteiger partial charge in [-0.1, -0.05) is 37.0 Å². The molecule has 0 unspecified atom stereocenters. The van der Waals surface area contributed by atoms with E-state index < -0.39 is 67.7 Å². The molecule has 0 radical (unpaired) electrons. The zero-order valence-corrected chi connectivity index (χ0v) is 21.8. The van der Waals surface area contributed by atoms with E-state index in [4.69, 9.17) is 37.2 Å². The summed E-state index contributed by atoms with van der Waals surface area (Å²) in [6.07, 6.45) is -0.738. The first-order valence-electron chi connectivity index (χ1n) is 11.1. The molecule has 0 saturated carbocycles. The van der Waals surface area contributed by atoms with Crippen molar-refractivity contribution in [2.24, 2.45) is 5.92 Å². The van der Waals surface area contributed by atoms with Crippen LogP contribution >= 0.6 is 23.2 Å². The maximum Gasteiger partial charge on any atom is 0.552 e. The monoisotopic (exact) mass is 543 g/mol. The number of carbonyl (C=O) groups excluding carboxylic acids is 5. The van der Waals surface area contributed by atoms with E-state index in [0.717, 1.165) is 7.11 Å². The highest BCUT2D eigenvalue weighted by Crippen LogP contribution is 2.31. The Bertz CT molecular complexity index is 1030. The number of benzene rings is 1. The van der Waals surface area contributed by atoms with Crippen LogP contribution < -0.4 is 16.0 Å². The standard InChI is InChI=1S/C22H28BCl2N3O8/c1-12(2)7-16(28-18(30)11-27-20(32)14-8-13(24)5-6-15(14)25)23-35-19(31)10-22(36-23,21(33)34-4)9-17(29)26-3/h5-6,8,12,16H,7,9-11H2,1-4H3,(H,26,29)(H,27,32)(H,28,30)/t16-,22+/m0/s1. The van der Waals surface area contributed by atoms with Gasteiger partial charge in [0.1, 0.15) is 0 Å². The lowest BCUT2D eigenvalue weighted by molar-refractivity contribution is -0.175. The topological polar surface area (TPSA) is 149 Å². The minimum atomic E-state index is -1.92. The molecule has 0 spiro atoms. The third kappa shape index (κ3) is 7.84. The van der Waals surface area contributed by atoms with Gasteiger partial charge >= 0.3 is 13.1 Å². The number of esters is 1. The number of carbonyl (C=O) groups is 5. The quantitative estimate of drug-likeness (QED) is 0.295. The van der Waals surface area contributed by atoms with Crippen LogP contribution in [0.4, 0.5) is 0 Å². The first-order chi connectivity index (χ1) is 16.9. The Morgan fingerprint density at radius 3 is 2.50 bits per heavy atom. The van der Waals surface area contributed by atoms with Gasteiger partial charge in [-0.2, -0.15) is 0 Å². The minimum Gasteiger partial charge on any atom is -0.508 e. The molecular weight excluding hydrogens is 516 g/mol. The van der Waals surface area contributed by atoms with E-state index in [1.807, 2.05) is 13.8 Å². The SMILES string of the molecule is CNC(=O)C[C@]1(C(=O)OC)CC(=O)OB([C@H](CC(C)C)NC(=O)CNC(=O)c2cc(Cl)ccc2Cl)O1. The van der Waals surface area contributed by atoms with Gasteiger partial charge in [0.15, 0.2) is 5.60 Å². The first kappa shape index (κ1) is 29.4. The van der Waals surface area contributed by atoms with Gasteiger partial charge < -0.3 is 30.0 Å². The van der Waals surface area contributed by atoms with Crippen molar-refractivity contribution in [3.8, 4) is 0 Å². The van der Waals surface area contributed by atoms with Crippen molar-refractivity contribution in [2.45, 2.75) is 44.7 Å². The number of amides is 3. The summed E-state index contributed by atoms with van der Waals surface area (Å²) in [5.74, 6) is -4.41. The number of rotatable bonds is 10. The van der Waals surface area contributed by atoms with Gasteiger partial charge in [0.25, 0.3) is 11.9 Å². The van der Waals surface area contributed by atoms with Crippen LogP contribution in [0.5, 0.6) is 0 Å². The van der Waals surface area contributed by atoms with E-state index in [9.17, 15) is 24.0 Å². The first-order valence-corrected chi connectivity index (χ1v) is 11.8. The van der Waals surface area contributed by atoms with E-state index in [2.05, 4.69) is 16.0 Å². The Labute approximate surface area is 219 Å². The van der Waals surface area contributed by atoms with Gasteiger partial charge in [0, 0.05) is 12.1 Å². The Morgan fingerprint density at radius 2 is 1.89 bits per heavy atom. The van der Waals surface area contributed by atoms with Crippen LogP contribution in [-0.4, -0.2) is 69.0 Å². The van der Waals surface area contributed by atoms with Crippen LogP contribution in [-0.2, 0) is 33.2 Å². The van der Waals surface area contributed by atoms with Gasteiger partial charge in [-0.25, -0.2) is 4.79 Å². The molecule has 14 heteroatoms. The number of nitrogens with one attached hydrogen (secondary N) is 3. The smallest absolute Gasteiger partial charge is 0.508 e. The van der Waals surface area contributed by atoms with Crippen molar-refractivity contribution < 1.29 is 38.0 Å². The molecule has 1 aliphatic heterocycles. The predicted molar refractivity (Wildman–Crippen MR) is 131 cm³/mol. The lowest BCUT2D eigenvalue weighted by Crippen LogP contribution is -2.62. The van der Waals surface area contributed by atoms with Gasteiger partial charge in [-0.15, -0.1) is 0 Å². The van der Waals surface area contributed by atoms with Gasteiger partial charge in [-0.3, -0.25) is 19.2 Å². The molecule has 1 aromatic carbocycles. The molecule has 3 N–H and O–H groups in total. The van der Waals surface area contributed by atoms with Crippen molar-refractivity contribution in [3.63, 3.8) is 0 Å². The Hall–Kier alpha value is -2.83. The lowest BCUT2D eigenvalue weighted by atomic mass is 9.70. The second kappa shape index (κ2) is 12.9. The zero-order chi connectivity index (χ0) is 27.0. The zero-order valence-electron chi connectivity index (χ0n) is 20.3. The van der Waals surface area contributed by atoms with Crippen LogP contribution in [0.3, 0.4) is 0 Å². The normalized spacial score (nSPS) is 18.2. The maximum absolute atomic E-state index is 12.7. The Morgan fingerprint density at radius 1 is 1.19 bits per heavy atom. The molecule has 1 aliphatic rings. The van der Waals surface area contributed by atoms with Crippen molar-refractivity contribution in [3.05, 3.63) is 33.8 Å². The van der Waals surface area contributed by atoms with Crippen molar-refractivity contribution in [1.82, 2.24) is 16.0 Å². The Kier molecular flexibility index (Phi) is 10.6. The summed E-state index contributed by atoms with van der Waals surface area (Å²) in [4.78, 5) is 62.2. The van der Waals surface area contributed by atoms with E-state index in [0.29, 0.717) is 5.02 Å². The highest BCUT2D eigenvalue weighted by Gasteiger charge is 2.55. The molecule has 1 saturated heterocycles. The molecule has 0 aliphatic carbocycles. The summed E-state index contributed by atoms with van der Waals surface area (Å²) in [6.45, 7) is 3.30. The summed E-state index contributed by atoms with van der Waals surface area (Å²) in [7, 11) is 1.09. The predicted octanol–water partition coefficient (Wildman–Crippen LogP) is 1.29. The molecule has 2 atom stereocenters. The van der Waals surface area contributed by atoms with E-state index >= 15 is 0 Å². The van der Waals surface area contributed by atoms with Crippen LogP contribution in [0.25, 0.3) is 0 Å². The van der Waals surface area contributed by atoms with E-state index in [-0.39, 0.29) is 22.9 Å². The fourth-order valence-electron chi connectivity index (χ4n) is 3.62. The molecule has 2 rings (SSSR count). The van der Waals surface area contributed by atoms with E-state index in [1.165, 1.54) is 25.2 Å². The second-order valence-electron chi connectivity index (χ2n) is 8.60. The van der Waals surface area contributed by atoms with Crippen LogP contribution in [0.2, 0.25) is 10.0 Å². The summed E-state index contributed by atoms with van der Waals surface area (Å²) in [5.41, 5.74) is -1.83. The second-order valence-corrected chi connectivity index (χ2v) is 9.44. The molecule has 0 aromatic heterocycles. The molecule has 196 valence electrons. The highest BCUT2D eigenvalue weighted by atomic mass is 35.5. The fourth-order valence-corrected chi connectivity index (χ4v) is 3.99. The molecular formula is C22H28BCl2N3O8. The van der Waals surface area contributed by atoms with Gasteiger partial charge in [-0.05, 0) is 30.5 Å². The lowest BCUT2D eigenvalue weighted by Gasteiger charge is -2.38. The fraction of sp³-hybridized carbons (Fsp3) is 0.500. The molecule has 36 heavy (non-hydrogen) atoms. The Balaban J connectivity index is 2.18. The molecule has 1 fully saturated rings. The number of hydrogen-bond donors (Lipinski definition) is 3. The minimum absolute atomic E-state index is 0.00542. The summed E-state index contributed by atoms with van der Waals surface area (Å²) in [5, 5.41) is 7.95. The van der Waals surface area contributed by atoms with Gasteiger partial charge in [0.2, 0.25) is 11.8 Å². The van der Waals surface area contributed by atoms with Crippen LogP contribution in [0, 0.1) is 5.92 Å². The molecule has 1 heterocycles. The van der Waals surface area contributed by atoms with Crippen molar-refractivity contribution in [1.29, 1.82) is 0 Å². The number of hydrogen-bond acceptors (Lipinski definition) is 8. The average molecular weight is 544 g/mol. The average Bonchev–Trinajstić information content (AvgIpc) is 2.82. The summed E-state index contributed by atoms with van der Waals surface area (Å²) >= 11 is 11.9. The number of methoxy groups -OCH3 is 1. The summed E-state index contributed by atoms with van der Waals surface area (Å²) in [6, 6.07) is 4.35. The van der Waals surface area contributed by atoms with Crippen LogP contribution in [0.1, 0.15) is 43.5 Å². The summed E-state index contributed by atoms with van der Waals surface area (Å²) < 4.78 is 15.9. The van der Waals surface area contributed by atoms with E-state index in [1.54, 1.807) is 0 Å². The third-order valence-corrected chi connectivity index (χ3v) is 5.85. The number of ether oxygens (including phenoxy) is 1. The van der Waals surface area contributed by atoms with Crippen molar-refractivity contribution >= 4 is 60.0 Å². The molecule has 0 bridgehead atoms. The van der Waals surface area contributed by atoms with Gasteiger partial charge in [0.05, 0.1) is 43.0 Å².